The lowest BCUT2D eigenvalue weighted by molar-refractivity contribution is 0.668. The fourth-order valence-electron chi connectivity index (χ4n) is 9.59. The molecule has 0 aliphatic carbocycles. The van der Waals surface area contributed by atoms with Crippen LogP contribution in [0.4, 0.5) is 0 Å². The van der Waals surface area contributed by atoms with Crippen LogP contribution in [-0.4, -0.2) is 98.0 Å². The molecule has 15 heteroatoms. The molecule has 0 atom stereocenters. The second-order valence-corrected chi connectivity index (χ2v) is 16.7. The minimum Gasteiger partial charge on any atom is -0.456 e. The Hall–Kier alpha value is -6.20. The van der Waals surface area contributed by atoms with Crippen molar-refractivity contribution in [3.63, 3.8) is 0 Å². The Labute approximate surface area is 359 Å². The number of hydrogen-bond donors (Lipinski definition) is 0. The van der Waals surface area contributed by atoms with Gasteiger partial charge in [0, 0.05) is 50.0 Å². The minimum absolute atomic E-state index is 0.632. The van der Waals surface area contributed by atoms with E-state index in [-0.39, 0.29) is 0 Å². The van der Waals surface area contributed by atoms with Gasteiger partial charge in [-0.3, -0.25) is 0 Å². The topological polar surface area (TPSA) is 56.7 Å². The molecule has 0 saturated heterocycles. The van der Waals surface area contributed by atoms with E-state index >= 15 is 0 Å². The largest absolute Gasteiger partial charge is 0.456 e. The molecule has 0 bridgehead atoms. The zero-order valence-corrected chi connectivity index (χ0v) is 36.1. The maximum Gasteiger partial charge on any atom is 0.164 e. The van der Waals surface area contributed by atoms with E-state index in [9.17, 15) is 0 Å². The molecule has 7 aromatic carbocycles. The second kappa shape index (κ2) is 14.2. The van der Waals surface area contributed by atoms with Crippen molar-refractivity contribution in [1.29, 1.82) is 0 Å². The Morgan fingerprint density at radius 2 is 0.917 bits per heavy atom. The maximum absolute atomic E-state index is 6.78. The summed E-state index contributed by atoms with van der Waals surface area (Å²) in [6.07, 6.45) is 0. The lowest BCUT2D eigenvalue weighted by atomic mass is 9.60. The van der Waals surface area contributed by atoms with Gasteiger partial charge in [0.15, 0.2) is 17.5 Å². The van der Waals surface area contributed by atoms with Gasteiger partial charge in [0.1, 0.15) is 89.6 Å². The van der Waals surface area contributed by atoms with Crippen LogP contribution in [0.1, 0.15) is 0 Å². The van der Waals surface area contributed by atoms with Crippen molar-refractivity contribution in [2.75, 3.05) is 0 Å². The molecule has 0 aliphatic rings. The third-order valence-corrected chi connectivity index (χ3v) is 13.8. The number of nitrogens with zero attached hydrogens (tertiary/aromatic N) is 4. The average molecular weight is 759 g/mol. The highest BCUT2D eigenvalue weighted by atomic mass is 16.3. The summed E-state index contributed by atoms with van der Waals surface area (Å²) < 4.78 is 9.14. The van der Waals surface area contributed by atoms with E-state index in [2.05, 4.69) is 192 Å². The highest BCUT2D eigenvalue weighted by Crippen LogP contribution is 2.39. The first kappa shape index (κ1) is 38.0. The van der Waals surface area contributed by atoms with Gasteiger partial charge in [-0.05, 0) is 41.5 Å². The molecule has 0 radical (unpaired) electrons. The number of benzene rings is 7. The third-order valence-electron chi connectivity index (χ3n) is 13.8. The molecular weight excluding hydrogens is 721 g/mol. The van der Waals surface area contributed by atoms with Crippen molar-refractivity contribution in [2.24, 2.45) is 0 Å². The first-order valence-electron chi connectivity index (χ1n) is 20.9. The normalized spacial score (nSPS) is 11.7. The lowest BCUT2D eigenvalue weighted by Gasteiger charge is -2.22. The van der Waals surface area contributed by atoms with E-state index in [0.29, 0.717) is 17.5 Å². The van der Waals surface area contributed by atoms with Crippen LogP contribution in [0.5, 0.6) is 0 Å². The number of furan rings is 1. The Balaban J connectivity index is 1.21. The number of para-hydroxylation sites is 1. The van der Waals surface area contributed by atoms with E-state index < -0.39 is 0 Å². The predicted molar refractivity (Wildman–Crippen MR) is 285 cm³/mol. The minimum atomic E-state index is 0.632. The van der Waals surface area contributed by atoms with Gasteiger partial charge >= 0.3 is 0 Å². The smallest absolute Gasteiger partial charge is 0.164 e. The molecule has 60 heavy (non-hydrogen) atoms. The van der Waals surface area contributed by atoms with E-state index in [0.717, 1.165) is 55.3 Å². The highest BCUT2D eigenvalue weighted by Gasteiger charge is 2.24. The second-order valence-electron chi connectivity index (χ2n) is 16.7. The van der Waals surface area contributed by atoms with Gasteiger partial charge in [-0.15, -0.1) is 32.8 Å². The molecule has 3 aromatic heterocycles. The van der Waals surface area contributed by atoms with Crippen LogP contribution >= 0.6 is 0 Å². The molecule has 5 nitrogen and oxygen atoms in total. The summed E-state index contributed by atoms with van der Waals surface area (Å²) in [4.78, 5) is 16.1. The van der Waals surface area contributed by atoms with E-state index in [1.165, 1.54) is 76.5 Å². The summed E-state index contributed by atoms with van der Waals surface area (Å²) >= 11 is 0. The van der Waals surface area contributed by atoms with Gasteiger partial charge in [0.05, 0.1) is 11.0 Å². The van der Waals surface area contributed by atoms with Crippen molar-refractivity contribution < 1.29 is 4.42 Å². The molecular formula is C45H38B10N4O. The molecule has 0 aliphatic heterocycles. The molecule has 0 amide bonds. The number of rotatable bonds is 5. The van der Waals surface area contributed by atoms with Gasteiger partial charge in [0.2, 0.25) is 0 Å². The first-order valence-corrected chi connectivity index (χ1v) is 20.9. The predicted octanol–water partition coefficient (Wildman–Crippen LogP) is -5.88. The standard InChI is InChI=1S/C45H38B10N4O/c46-33-31(34(47)38(51)41(54)37(33)50)44-56-43(57-45(58-44)32-35(48)39(52)42(55)40(53)36(32)49)25-10-6-12-28-30(25)24-16-14-21(18-29(24)60-28)59-26-11-5-4-9-22(26)23-15-13-20(17-27(23)59)19-7-2-1-3-8-19/h1-18H,46-55H2. The summed E-state index contributed by atoms with van der Waals surface area (Å²) in [5.41, 5.74) is 22.9. The molecule has 0 spiro atoms. The first-order chi connectivity index (χ1) is 28.9. The van der Waals surface area contributed by atoms with Crippen LogP contribution in [0.25, 0.3) is 94.7 Å². The van der Waals surface area contributed by atoms with Gasteiger partial charge in [-0.25, -0.2) is 15.0 Å². The van der Waals surface area contributed by atoms with Gasteiger partial charge < -0.3 is 8.98 Å². The van der Waals surface area contributed by atoms with Crippen molar-refractivity contribution in [3.05, 3.63) is 109 Å². The summed E-state index contributed by atoms with van der Waals surface area (Å²) in [5, 5.41) is 4.44. The van der Waals surface area contributed by atoms with Crippen molar-refractivity contribution in [3.8, 4) is 51.0 Å². The number of fused-ring (bicyclic) bond motifs is 6. The van der Waals surface area contributed by atoms with Gasteiger partial charge in [-0.2, -0.15) is 0 Å². The SMILES string of the molecule is Bc1c(B)c(B)c(-c2nc(-c3c(B)c(B)c(B)c(B)c3B)nc(-c3cccc4oc5cc(-n6c7ccccc7c7ccc(-c8ccccc8)cc76)ccc5c34)n2)c(B)c1B. The maximum atomic E-state index is 6.78. The Morgan fingerprint density at radius 3 is 1.55 bits per heavy atom. The van der Waals surface area contributed by atoms with Crippen molar-refractivity contribution in [1.82, 2.24) is 19.5 Å². The monoisotopic (exact) mass is 760 g/mol. The summed E-state index contributed by atoms with van der Waals surface area (Å²) in [5.74, 6) is 2.02. The summed E-state index contributed by atoms with van der Waals surface area (Å²) in [6.45, 7) is 0. The molecule has 0 N–H and O–H groups in total. The van der Waals surface area contributed by atoms with Crippen LogP contribution in [0.3, 0.4) is 0 Å². The summed E-state index contributed by atoms with van der Waals surface area (Å²) in [7, 11) is 22.0. The van der Waals surface area contributed by atoms with E-state index in [4.69, 9.17) is 19.4 Å². The van der Waals surface area contributed by atoms with E-state index in [1.807, 2.05) is 0 Å². The van der Waals surface area contributed by atoms with Crippen molar-refractivity contribution in [2.45, 2.75) is 0 Å². The van der Waals surface area contributed by atoms with Gasteiger partial charge in [0.25, 0.3) is 0 Å². The molecule has 10 aromatic rings. The molecule has 0 unspecified atom stereocenters. The van der Waals surface area contributed by atoms with Crippen LogP contribution in [0.15, 0.2) is 114 Å². The summed E-state index contributed by atoms with van der Waals surface area (Å²) in [6, 6.07) is 38.9. The fraction of sp³-hybridized carbons (Fsp3) is 0. The van der Waals surface area contributed by atoms with Crippen LogP contribution < -0.4 is 54.6 Å². The Bertz CT molecular complexity index is 3310. The van der Waals surface area contributed by atoms with Crippen molar-refractivity contribution >= 4 is 177 Å². The Kier molecular flexibility index (Phi) is 9.02. The Morgan fingerprint density at radius 1 is 0.383 bits per heavy atom. The fourth-order valence-corrected chi connectivity index (χ4v) is 9.59. The molecule has 10 rings (SSSR count). The molecule has 274 valence electrons. The average Bonchev–Trinajstić information content (AvgIpc) is 3.81. The molecule has 0 saturated carbocycles. The van der Waals surface area contributed by atoms with E-state index in [1.54, 1.807) is 0 Å². The van der Waals surface area contributed by atoms with Crippen LogP contribution in [0.2, 0.25) is 0 Å². The third kappa shape index (κ3) is 5.73. The molecule has 3 heterocycles. The zero-order chi connectivity index (χ0) is 41.7. The number of hydrogen-bond acceptors (Lipinski definition) is 4. The highest BCUT2D eigenvalue weighted by molar-refractivity contribution is 6.70. The zero-order valence-electron chi connectivity index (χ0n) is 36.1. The molecule has 0 fully saturated rings. The van der Waals surface area contributed by atoms with Crippen LogP contribution in [-0.2, 0) is 0 Å². The quantitative estimate of drug-likeness (QED) is 0.165. The van der Waals surface area contributed by atoms with Crippen LogP contribution in [0, 0.1) is 0 Å². The lowest BCUT2D eigenvalue weighted by Crippen LogP contribution is -2.55. The number of aromatic nitrogens is 4. The van der Waals surface area contributed by atoms with Gasteiger partial charge in [-0.1, -0.05) is 94.6 Å².